The van der Waals surface area contributed by atoms with Gasteiger partial charge in [0.15, 0.2) is 0 Å². The lowest BCUT2D eigenvalue weighted by Gasteiger charge is -2.36. The molecule has 2 fully saturated rings. The molecule has 0 unspecified atom stereocenters. The van der Waals surface area contributed by atoms with Crippen molar-refractivity contribution in [2.75, 3.05) is 39.3 Å². The molecule has 2 aromatic rings. The van der Waals surface area contributed by atoms with Crippen molar-refractivity contribution in [3.05, 3.63) is 70.8 Å². The molecule has 0 bridgehead atoms. The largest absolute Gasteiger partial charge is 0.317 e. The molecule has 4 heterocycles. The van der Waals surface area contributed by atoms with Crippen LogP contribution in [0.3, 0.4) is 0 Å². The minimum Gasteiger partial charge on any atom is -0.317 e. The number of hydrogen-bond donors (Lipinski definition) is 0. The van der Waals surface area contributed by atoms with Crippen LogP contribution in [0, 0.1) is 0 Å². The number of benzene rings is 2. The fraction of sp³-hybridized carbons (Fsp3) is 0.462. The molecule has 0 aromatic heterocycles. The van der Waals surface area contributed by atoms with Gasteiger partial charge in [-0.05, 0) is 37.8 Å². The molecule has 166 valence electrons. The maximum atomic E-state index is 13.4. The van der Waals surface area contributed by atoms with Gasteiger partial charge in [0.2, 0.25) is 0 Å². The van der Waals surface area contributed by atoms with Crippen LogP contribution in [-0.4, -0.2) is 70.7 Å². The van der Waals surface area contributed by atoms with E-state index in [1.54, 1.807) is 0 Å². The van der Waals surface area contributed by atoms with E-state index in [1.165, 1.54) is 25.7 Å². The summed E-state index contributed by atoms with van der Waals surface area (Å²) in [4.78, 5) is 35.7. The standard InChI is InChI=1S/C26H30N4O2/c31-25-21-11-3-1-9-19(21)23(27-13-5-6-14-27)29(25)17-18-30-24(28-15-7-8-16-28)20-10-2-4-12-22(20)26(30)32/h1-4,9-12,23-24H,5-8,13-18H2/t23-,24+. The van der Waals surface area contributed by atoms with E-state index >= 15 is 0 Å². The second kappa shape index (κ2) is 8.01. The first-order valence-electron chi connectivity index (χ1n) is 12.0. The number of amides is 2. The van der Waals surface area contributed by atoms with E-state index in [0.29, 0.717) is 13.1 Å². The van der Waals surface area contributed by atoms with E-state index in [-0.39, 0.29) is 24.1 Å². The maximum Gasteiger partial charge on any atom is 0.255 e. The number of fused-ring (bicyclic) bond motifs is 2. The molecule has 32 heavy (non-hydrogen) atoms. The van der Waals surface area contributed by atoms with Crippen LogP contribution >= 0.6 is 0 Å². The van der Waals surface area contributed by atoms with Crippen molar-refractivity contribution in [2.24, 2.45) is 0 Å². The lowest BCUT2D eigenvalue weighted by molar-refractivity contribution is 0.0264. The van der Waals surface area contributed by atoms with Crippen molar-refractivity contribution in [3.63, 3.8) is 0 Å². The van der Waals surface area contributed by atoms with Gasteiger partial charge in [-0.25, -0.2) is 0 Å². The quantitative estimate of drug-likeness (QED) is 0.729. The maximum absolute atomic E-state index is 13.4. The summed E-state index contributed by atoms with van der Waals surface area (Å²) in [6, 6.07) is 16.1. The molecule has 2 aromatic carbocycles. The van der Waals surface area contributed by atoms with Crippen LogP contribution in [0.1, 0.15) is 69.9 Å². The van der Waals surface area contributed by atoms with Crippen molar-refractivity contribution in [1.29, 1.82) is 0 Å². The van der Waals surface area contributed by atoms with Crippen LogP contribution in [0.5, 0.6) is 0 Å². The van der Waals surface area contributed by atoms with Crippen molar-refractivity contribution < 1.29 is 9.59 Å². The van der Waals surface area contributed by atoms with E-state index in [9.17, 15) is 9.59 Å². The molecular formula is C26H30N4O2. The van der Waals surface area contributed by atoms with E-state index in [1.807, 2.05) is 46.2 Å². The Labute approximate surface area is 189 Å². The van der Waals surface area contributed by atoms with E-state index in [2.05, 4.69) is 21.9 Å². The first kappa shape index (κ1) is 19.9. The Hall–Kier alpha value is -2.70. The molecule has 0 spiro atoms. The highest BCUT2D eigenvalue weighted by atomic mass is 16.2. The predicted octanol–water partition coefficient (Wildman–Crippen LogP) is 3.49. The highest BCUT2D eigenvalue weighted by Crippen LogP contribution is 2.40. The van der Waals surface area contributed by atoms with Gasteiger partial charge in [0.1, 0.15) is 12.3 Å². The second-order valence-electron chi connectivity index (χ2n) is 9.41. The lowest BCUT2D eigenvalue weighted by atomic mass is 10.1. The van der Waals surface area contributed by atoms with Crippen LogP contribution in [0.15, 0.2) is 48.5 Å². The Morgan fingerprint density at radius 3 is 1.38 bits per heavy atom. The lowest BCUT2D eigenvalue weighted by Crippen LogP contribution is -2.45. The molecule has 0 N–H and O–H groups in total. The van der Waals surface area contributed by atoms with Crippen molar-refractivity contribution >= 4 is 11.8 Å². The van der Waals surface area contributed by atoms with E-state index in [0.717, 1.165) is 48.4 Å². The molecule has 4 aliphatic rings. The van der Waals surface area contributed by atoms with Crippen LogP contribution in [0.25, 0.3) is 0 Å². The summed E-state index contributed by atoms with van der Waals surface area (Å²) < 4.78 is 0. The molecular weight excluding hydrogens is 400 g/mol. The fourth-order valence-corrected chi connectivity index (χ4v) is 6.12. The number of nitrogens with zero attached hydrogens (tertiary/aromatic N) is 4. The van der Waals surface area contributed by atoms with Crippen LogP contribution in [-0.2, 0) is 0 Å². The molecule has 6 rings (SSSR count). The van der Waals surface area contributed by atoms with Gasteiger partial charge in [-0.2, -0.15) is 0 Å². The first-order valence-corrected chi connectivity index (χ1v) is 12.0. The fourth-order valence-electron chi connectivity index (χ4n) is 6.12. The first-order chi connectivity index (χ1) is 15.7. The summed E-state index contributed by atoms with van der Waals surface area (Å²) in [7, 11) is 0. The third kappa shape index (κ3) is 3.08. The Balaban J connectivity index is 1.28. The molecule has 4 aliphatic heterocycles. The van der Waals surface area contributed by atoms with Gasteiger partial charge in [-0.15, -0.1) is 0 Å². The summed E-state index contributed by atoms with van der Waals surface area (Å²) >= 11 is 0. The minimum atomic E-state index is -0.00785. The number of likely N-dealkylation sites (tertiary alicyclic amines) is 2. The van der Waals surface area contributed by atoms with Gasteiger partial charge < -0.3 is 9.80 Å². The van der Waals surface area contributed by atoms with Crippen molar-refractivity contribution in [2.45, 2.75) is 38.0 Å². The highest BCUT2D eigenvalue weighted by Gasteiger charge is 2.44. The van der Waals surface area contributed by atoms with Gasteiger partial charge in [-0.3, -0.25) is 19.4 Å². The second-order valence-corrected chi connectivity index (χ2v) is 9.41. The topological polar surface area (TPSA) is 47.1 Å². The SMILES string of the molecule is O=C1c2ccccc2[C@H](N2CCCC2)N1CCN1C(=O)c2ccccc2[C@H]1N1CCCC1. The molecule has 0 radical (unpaired) electrons. The summed E-state index contributed by atoms with van der Waals surface area (Å²) in [5.74, 6) is 0.193. The van der Waals surface area contributed by atoms with Gasteiger partial charge >= 0.3 is 0 Å². The number of hydrogen-bond acceptors (Lipinski definition) is 4. The van der Waals surface area contributed by atoms with E-state index < -0.39 is 0 Å². The zero-order valence-corrected chi connectivity index (χ0v) is 18.4. The van der Waals surface area contributed by atoms with Gasteiger partial charge in [0, 0.05) is 61.5 Å². The Morgan fingerprint density at radius 1 is 0.594 bits per heavy atom. The molecule has 6 nitrogen and oxygen atoms in total. The Morgan fingerprint density at radius 2 is 0.969 bits per heavy atom. The Kier molecular flexibility index (Phi) is 5.00. The number of rotatable bonds is 5. The zero-order valence-electron chi connectivity index (χ0n) is 18.4. The molecule has 2 amide bonds. The smallest absolute Gasteiger partial charge is 0.255 e. The van der Waals surface area contributed by atoms with Crippen LogP contribution in [0.4, 0.5) is 0 Å². The molecule has 0 saturated carbocycles. The van der Waals surface area contributed by atoms with Gasteiger partial charge in [0.25, 0.3) is 11.8 Å². The van der Waals surface area contributed by atoms with Gasteiger partial charge in [-0.1, -0.05) is 36.4 Å². The van der Waals surface area contributed by atoms with Crippen LogP contribution in [0.2, 0.25) is 0 Å². The zero-order chi connectivity index (χ0) is 21.7. The van der Waals surface area contributed by atoms with Crippen LogP contribution < -0.4 is 0 Å². The monoisotopic (exact) mass is 430 g/mol. The average Bonchev–Trinajstić information content (AvgIpc) is 3.61. The molecule has 0 aliphatic carbocycles. The normalized spacial score (nSPS) is 25.8. The van der Waals surface area contributed by atoms with Gasteiger partial charge in [0.05, 0.1) is 0 Å². The molecule has 2 atom stereocenters. The highest BCUT2D eigenvalue weighted by molar-refractivity contribution is 6.00. The van der Waals surface area contributed by atoms with Crippen molar-refractivity contribution in [3.8, 4) is 0 Å². The third-order valence-electron chi connectivity index (χ3n) is 7.61. The number of carbonyl (C=O) groups excluding carboxylic acids is 2. The number of carbonyl (C=O) groups is 2. The summed E-state index contributed by atoms with van der Waals surface area (Å²) in [6.45, 7) is 5.19. The summed E-state index contributed by atoms with van der Waals surface area (Å²) in [6.07, 6.45) is 4.70. The minimum absolute atomic E-state index is 0.00785. The average molecular weight is 431 g/mol. The third-order valence-corrected chi connectivity index (χ3v) is 7.61. The van der Waals surface area contributed by atoms with E-state index in [4.69, 9.17) is 0 Å². The summed E-state index contributed by atoms with van der Waals surface area (Å²) in [5, 5.41) is 0. The van der Waals surface area contributed by atoms with Crippen molar-refractivity contribution in [1.82, 2.24) is 19.6 Å². The molecule has 2 saturated heterocycles. The summed E-state index contributed by atoms with van der Waals surface area (Å²) in [5.41, 5.74) is 3.87. The predicted molar refractivity (Wildman–Crippen MR) is 122 cm³/mol. The Bertz CT molecular complexity index is 958. The molecule has 6 heteroatoms.